The first-order valence-electron chi connectivity index (χ1n) is 9.86. The highest BCUT2D eigenvalue weighted by Crippen LogP contribution is 2.25. The minimum Gasteiger partial charge on any atom is -0.441 e. The van der Waals surface area contributed by atoms with Gasteiger partial charge in [-0.1, -0.05) is 36.4 Å². The number of hydrogen-bond donors (Lipinski definition) is 1. The average Bonchev–Trinajstić information content (AvgIpc) is 3.21. The molecule has 0 aliphatic heterocycles. The zero-order valence-corrected chi connectivity index (χ0v) is 17.6. The maximum absolute atomic E-state index is 13.0. The Labute approximate surface area is 175 Å². The SMILES string of the molecule is Cc1nc(-c2cccc(NC(=O)c3c(C)nn(Cc4ccccc4)c3C)c2)oc1C. The molecule has 0 radical (unpaired) electrons. The van der Waals surface area contributed by atoms with Crippen molar-refractivity contribution in [2.45, 2.75) is 34.2 Å². The normalized spacial score (nSPS) is 10.9. The van der Waals surface area contributed by atoms with Crippen LogP contribution in [0.15, 0.2) is 59.0 Å². The van der Waals surface area contributed by atoms with E-state index in [1.807, 2.05) is 87.0 Å². The molecule has 4 aromatic rings. The van der Waals surface area contributed by atoms with Gasteiger partial charge in [-0.25, -0.2) is 4.98 Å². The van der Waals surface area contributed by atoms with E-state index in [0.717, 1.165) is 28.3 Å². The van der Waals surface area contributed by atoms with Gasteiger partial charge in [-0.3, -0.25) is 9.48 Å². The quantitative estimate of drug-likeness (QED) is 0.507. The molecule has 2 aromatic carbocycles. The number of aryl methyl sites for hydroxylation is 3. The third kappa shape index (κ3) is 3.89. The summed E-state index contributed by atoms with van der Waals surface area (Å²) >= 11 is 0. The van der Waals surface area contributed by atoms with Gasteiger partial charge in [-0.05, 0) is 51.5 Å². The largest absolute Gasteiger partial charge is 0.441 e. The van der Waals surface area contributed by atoms with Gasteiger partial charge in [0.25, 0.3) is 5.91 Å². The zero-order chi connectivity index (χ0) is 21.3. The molecule has 0 bridgehead atoms. The third-order valence-electron chi connectivity index (χ3n) is 5.18. The van der Waals surface area contributed by atoms with E-state index in [4.69, 9.17) is 4.42 Å². The molecule has 1 amide bonds. The molecule has 1 N–H and O–H groups in total. The Balaban J connectivity index is 1.56. The van der Waals surface area contributed by atoms with E-state index < -0.39 is 0 Å². The second kappa shape index (κ2) is 7.99. The molecule has 152 valence electrons. The van der Waals surface area contributed by atoms with Gasteiger partial charge in [0.15, 0.2) is 0 Å². The fourth-order valence-corrected chi connectivity index (χ4v) is 3.46. The highest BCUT2D eigenvalue weighted by Gasteiger charge is 2.19. The summed E-state index contributed by atoms with van der Waals surface area (Å²) in [5.74, 6) is 1.15. The van der Waals surface area contributed by atoms with E-state index >= 15 is 0 Å². The van der Waals surface area contributed by atoms with Crippen molar-refractivity contribution in [3.8, 4) is 11.5 Å². The molecule has 6 nitrogen and oxygen atoms in total. The lowest BCUT2D eigenvalue weighted by Crippen LogP contribution is -2.14. The van der Waals surface area contributed by atoms with Crippen LogP contribution >= 0.6 is 0 Å². The predicted molar refractivity (Wildman–Crippen MR) is 117 cm³/mol. The molecule has 0 saturated carbocycles. The molecule has 0 saturated heterocycles. The van der Waals surface area contributed by atoms with Crippen LogP contribution in [0.5, 0.6) is 0 Å². The number of benzene rings is 2. The number of carbonyl (C=O) groups is 1. The Morgan fingerprint density at radius 1 is 1.00 bits per heavy atom. The van der Waals surface area contributed by atoms with Gasteiger partial charge in [0.2, 0.25) is 5.89 Å². The summed E-state index contributed by atoms with van der Waals surface area (Å²) in [6.45, 7) is 8.20. The van der Waals surface area contributed by atoms with Crippen LogP contribution in [-0.2, 0) is 6.54 Å². The van der Waals surface area contributed by atoms with Crippen molar-refractivity contribution >= 4 is 11.6 Å². The maximum atomic E-state index is 13.0. The van der Waals surface area contributed by atoms with Crippen molar-refractivity contribution < 1.29 is 9.21 Å². The van der Waals surface area contributed by atoms with Gasteiger partial charge in [0.05, 0.1) is 23.5 Å². The zero-order valence-electron chi connectivity index (χ0n) is 17.6. The molecule has 0 fully saturated rings. The lowest BCUT2D eigenvalue weighted by molar-refractivity contribution is 0.102. The van der Waals surface area contributed by atoms with E-state index in [-0.39, 0.29) is 5.91 Å². The van der Waals surface area contributed by atoms with Crippen molar-refractivity contribution in [3.05, 3.63) is 88.6 Å². The van der Waals surface area contributed by atoms with Crippen LogP contribution in [-0.4, -0.2) is 20.7 Å². The molecule has 0 aliphatic rings. The van der Waals surface area contributed by atoms with Crippen LogP contribution in [0.1, 0.15) is 38.8 Å². The van der Waals surface area contributed by atoms with Crippen LogP contribution in [0.25, 0.3) is 11.5 Å². The number of nitrogens with zero attached hydrogens (tertiary/aromatic N) is 3. The van der Waals surface area contributed by atoms with Gasteiger partial charge < -0.3 is 9.73 Å². The molecule has 2 heterocycles. The number of nitrogens with one attached hydrogen (secondary N) is 1. The molecular weight excluding hydrogens is 376 g/mol. The predicted octanol–water partition coefficient (Wildman–Crippen LogP) is 5.07. The summed E-state index contributed by atoms with van der Waals surface area (Å²) < 4.78 is 7.58. The molecule has 0 aliphatic carbocycles. The maximum Gasteiger partial charge on any atom is 0.259 e. The second-order valence-corrected chi connectivity index (χ2v) is 7.38. The summed E-state index contributed by atoms with van der Waals surface area (Å²) in [5.41, 5.74) is 5.63. The topological polar surface area (TPSA) is 73.0 Å². The summed E-state index contributed by atoms with van der Waals surface area (Å²) in [6.07, 6.45) is 0. The van der Waals surface area contributed by atoms with E-state index in [2.05, 4.69) is 15.4 Å². The van der Waals surface area contributed by atoms with Gasteiger partial charge in [0, 0.05) is 16.9 Å². The van der Waals surface area contributed by atoms with Crippen molar-refractivity contribution in [1.29, 1.82) is 0 Å². The average molecular weight is 400 g/mol. The van der Waals surface area contributed by atoms with Crippen LogP contribution in [0.2, 0.25) is 0 Å². The van der Waals surface area contributed by atoms with Gasteiger partial charge in [-0.15, -0.1) is 0 Å². The summed E-state index contributed by atoms with van der Waals surface area (Å²) in [5, 5.41) is 7.56. The molecule has 0 unspecified atom stereocenters. The first-order valence-corrected chi connectivity index (χ1v) is 9.86. The monoisotopic (exact) mass is 400 g/mol. The standard InChI is InChI=1S/C24H24N4O2/c1-15-18(4)30-24(25-15)20-11-8-12-21(13-20)26-23(29)22-16(2)27-28(17(22)3)14-19-9-6-5-7-10-19/h5-13H,14H2,1-4H3,(H,26,29). The first-order chi connectivity index (χ1) is 14.4. The minimum atomic E-state index is -0.179. The Bertz CT molecular complexity index is 1190. The molecule has 0 spiro atoms. The summed E-state index contributed by atoms with van der Waals surface area (Å²) in [6, 6.07) is 17.6. The van der Waals surface area contributed by atoms with Crippen molar-refractivity contribution in [3.63, 3.8) is 0 Å². The van der Waals surface area contributed by atoms with Crippen LogP contribution in [0.4, 0.5) is 5.69 Å². The Morgan fingerprint density at radius 3 is 2.47 bits per heavy atom. The fraction of sp³-hybridized carbons (Fsp3) is 0.208. The van der Waals surface area contributed by atoms with Crippen molar-refractivity contribution in [2.24, 2.45) is 0 Å². The number of carbonyl (C=O) groups excluding carboxylic acids is 1. The van der Waals surface area contributed by atoms with E-state index in [9.17, 15) is 4.79 Å². The fourth-order valence-electron chi connectivity index (χ4n) is 3.46. The molecule has 30 heavy (non-hydrogen) atoms. The first kappa shape index (κ1) is 19.6. The molecule has 4 rings (SSSR count). The molecular formula is C24H24N4O2. The van der Waals surface area contributed by atoms with E-state index in [1.165, 1.54) is 0 Å². The van der Waals surface area contributed by atoms with Gasteiger partial charge >= 0.3 is 0 Å². The van der Waals surface area contributed by atoms with Crippen LogP contribution in [0.3, 0.4) is 0 Å². The number of oxazole rings is 1. The lowest BCUT2D eigenvalue weighted by Gasteiger charge is -2.08. The lowest BCUT2D eigenvalue weighted by atomic mass is 10.1. The molecule has 6 heteroatoms. The van der Waals surface area contributed by atoms with E-state index in [0.29, 0.717) is 29.4 Å². The van der Waals surface area contributed by atoms with Crippen molar-refractivity contribution in [1.82, 2.24) is 14.8 Å². The molecule has 2 aromatic heterocycles. The molecule has 0 atom stereocenters. The smallest absolute Gasteiger partial charge is 0.259 e. The summed E-state index contributed by atoms with van der Waals surface area (Å²) in [4.78, 5) is 17.5. The van der Waals surface area contributed by atoms with Gasteiger partial charge in [0.1, 0.15) is 5.76 Å². The number of amides is 1. The van der Waals surface area contributed by atoms with Gasteiger partial charge in [-0.2, -0.15) is 5.10 Å². The Hall–Kier alpha value is -3.67. The Kier molecular flexibility index (Phi) is 5.23. The number of rotatable bonds is 5. The third-order valence-corrected chi connectivity index (χ3v) is 5.18. The number of aromatic nitrogens is 3. The number of hydrogen-bond acceptors (Lipinski definition) is 4. The summed E-state index contributed by atoms with van der Waals surface area (Å²) in [7, 11) is 0. The highest BCUT2D eigenvalue weighted by atomic mass is 16.4. The Morgan fingerprint density at radius 2 is 1.77 bits per heavy atom. The second-order valence-electron chi connectivity index (χ2n) is 7.38. The minimum absolute atomic E-state index is 0.179. The van der Waals surface area contributed by atoms with Crippen LogP contribution < -0.4 is 5.32 Å². The van der Waals surface area contributed by atoms with Crippen LogP contribution in [0, 0.1) is 27.7 Å². The van der Waals surface area contributed by atoms with E-state index in [1.54, 1.807) is 0 Å². The number of anilines is 1. The van der Waals surface area contributed by atoms with Crippen molar-refractivity contribution in [2.75, 3.05) is 5.32 Å². The highest BCUT2D eigenvalue weighted by molar-refractivity contribution is 6.06.